The summed E-state index contributed by atoms with van der Waals surface area (Å²) in [4.78, 5) is 0. The van der Waals surface area contributed by atoms with Gasteiger partial charge in [0.05, 0.1) is 13.1 Å². The third-order valence-corrected chi connectivity index (χ3v) is 4.48. The molecule has 0 aromatic heterocycles. The van der Waals surface area contributed by atoms with Gasteiger partial charge in [0.25, 0.3) is 0 Å². The van der Waals surface area contributed by atoms with E-state index in [1.54, 1.807) is 12.1 Å². The molecule has 1 aromatic carbocycles. The van der Waals surface area contributed by atoms with E-state index in [2.05, 4.69) is 19.6 Å². The first kappa shape index (κ1) is 13.5. The van der Waals surface area contributed by atoms with Crippen LogP contribution in [0.1, 0.15) is 0 Å². The SMILES string of the molecule is COCOc1c(Cl)ccc([Si](C)(C)C)c1F. The normalized spacial score (nSPS) is 11.6. The minimum Gasteiger partial charge on any atom is -0.463 e. The highest BCUT2D eigenvalue weighted by Crippen LogP contribution is 2.27. The first-order valence-corrected chi connectivity index (χ1v) is 8.86. The van der Waals surface area contributed by atoms with E-state index in [-0.39, 0.29) is 23.4 Å². The molecule has 0 unspecified atom stereocenters. The Bertz CT molecular complexity index is 377. The van der Waals surface area contributed by atoms with Crippen molar-refractivity contribution in [2.75, 3.05) is 13.9 Å². The summed E-state index contributed by atoms with van der Waals surface area (Å²) in [5.74, 6) is -0.271. The molecule has 0 amide bonds. The number of ether oxygens (including phenoxy) is 2. The summed E-state index contributed by atoms with van der Waals surface area (Å²) in [6, 6.07) is 3.41. The lowest BCUT2D eigenvalue weighted by Gasteiger charge is -2.19. The van der Waals surface area contributed by atoms with Crippen molar-refractivity contribution in [3.63, 3.8) is 0 Å². The molecule has 90 valence electrons. The zero-order valence-electron chi connectivity index (χ0n) is 9.93. The predicted molar refractivity (Wildman–Crippen MR) is 66.9 cm³/mol. The molecule has 0 radical (unpaired) electrons. The monoisotopic (exact) mass is 262 g/mol. The maximum absolute atomic E-state index is 14.1. The van der Waals surface area contributed by atoms with Crippen LogP contribution in [0.15, 0.2) is 12.1 Å². The molecule has 0 atom stereocenters. The molecule has 0 saturated heterocycles. The largest absolute Gasteiger partial charge is 0.463 e. The van der Waals surface area contributed by atoms with Crippen molar-refractivity contribution in [2.24, 2.45) is 0 Å². The number of hydrogen-bond donors (Lipinski definition) is 0. The van der Waals surface area contributed by atoms with E-state index in [4.69, 9.17) is 21.1 Å². The second kappa shape index (κ2) is 5.16. The van der Waals surface area contributed by atoms with Crippen molar-refractivity contribution < 1.29 is 13.9 Å². The van der Waals surface area contributed by atoms with Crippen molar-refractivity contribution >= 4 is 24.9 Å². The number of methoxy groups -OCH3 is 1. The molecule has 2 nitrogen and oxygen atoms in total. The standard InChI is InChI=1S/C11H16ClFO2Si/c1-14-7-15-11-8(12)5-6-9(10(11)13)16(2,3)4/h5-6H,7H2,1-4H3. The Morgan fingerprint density at radius 3 is 2.44 bits per heavy atom. The lowest BCUT2D eigenvalue weighted by molar-refractivity contribution is 0.0485. The van der Waals surface area contributed by atoms with Gasteiger partial charge >= 0.3 is 0 Å². The molecule has 0 heterocycles. The van der Waals surface area contributed by atoms with E-state index in [0.29, 0.717) is 5.19 Å². The first-order chi connectivity index (χ1) is 7.38. The summed E-state index contributed by atoms with van der Waals surface area (Å²) in [7, 11) is -0.246. The average Bonchev–Trinajstić information content (AvgIpc) is 2.15. The Labute approximate surface area is 101 Å². The molecule has 1 rings (SSSR count). The lowest BCUT2D eigenvalue weighted by atomic mass is 10.3. The van der Waals surface area contributed by atoms with Gasteiger partial charge in [0.1, 0.15) is 0 Å². The molecule has 0 aliphatic rings. The van der Waals surface area contributed by atoms with E-state index in [9.17, 15) is 4.39 Å². The summed E-state index contributed by atoms with van der Waals surface area (Å²) in [5.41, 5.74) is 0. The zero-order chi connectivity index (χ0) is 12.3. The van der Waals surface area contributed by atoms with Crippen LogP contribution in [0.5, 0.6) is 5.75 Å². The second-order valence-corrected chi connectivity index (χ2v) is 9.98. The van der Waals surface area contributed by atoms with Crippen LogP contribution in [0, 0.1) is 5.82 Å². The third-order valence-electron chi connectivity index (χ3n) is 2.18. The van der Waals surface area contributed by atoms with Gasteiger partial charge in [-0.3, -0.25) is 0 Å². The number of hydrogen-bond acceptors (Lipinski definition) is 2. The summed E-state index contributed by atoms with van der Waals surface area (Å²) < 4.78 is 24.0. The minimum atomic E-state index is -1.73. The molecule has 16 heavy (non-hydrogen) atoms. The molecule has 0 fully saturated rings. The minimum absolute atomic E-state index is 0.00814. The van der Waals surface area contributed by atoms with Gasteiger partial charge in [-0.15, -0.1) is 0 Å². The van der Waals surface area contributed by atoms with E-state index >= 15 is 0 Å². The molecule has 1 aromatic rings. The van der Waals surface area contributed by atoms with Crippen LogP contribution in [-0.2, 0) is 4.74 Å². The Morgan fingerprint density at radius 1 is 1.31 bits per heavy atom. The zero-order valence-corrected chi connectivity index (χ0v) is 11.7. The first-order valence-electron chi connectivity index (χ1n) is 4.98. The van der Waals surface area contributed by atoms with Crippen molar-refractivity contribution in [1.29, 1.82) is 0 Å². The Hall–Kier alpha value is -0.583. The van der Waals surface area contributed by atoms with E-state index in [1.165, 1.54) is 7.11 Å². The van der Waals surface area contributed by atoms with Crippen LogP contribution in [0.4, 0.5) is 4.39 Å². The van der Waals surface area contributed by atoms with Crippen LogP contribution in [0.3, 0.4) is 0 Å². The van der Waals surface area contributed by atoms with Gasteiger partial charge < -0.3 is 9.47 Å². The predicted octanol–water partition coefficient (Wildman–Crippen LogP) is 3.01. The Morgan fingerprint density at radius 2 is 1.94 bits per heavy atom. The molecule has 0 aliphatic carbocycles. The average molecular weight is 263 g/mol. The van der Waals surface area contributed by atoms with Crippen molar-refractivity contribution in [1.82, 2.24) is 0 Å². The van der Waals surface area contributed by atoms with Gasteiger partial charge in [-0.05, 0) is 11.3 Å². The highest BCUT2D eigenvalue weighted by Gasteiger charge is 2.24. The topological polar surface area (TPSA) is 18.5 Å². The molecule has 0 N–H and O–H groups in total. The molecule has 0 bridgehead atoms. The summed E-state index contributed by atoms with van der Waals surface area (Å²) in [5, 5.41) is 0.986. The Balaban J connectivity index is 3.16. The number of halogens is 2. The van der Waals surface area contributed by atoms with Crippen molar-refractivity contribution in [2.45, 2.75) is 19.6 Å². The van der Waals surface area contributed by atoms with E-state index in [0.717, 1.165) is 0 Å². The fraction of sp³-hybridized carbons (Fsp3) is 0.455. The van der Waals surface area contributed by atoms with Crippen molar-refractivity contribution in [3.8, 4) is 5.75 Å². The maximum Gasteiger partial charge on any atom is 0.188 e. The summed E-state index contributed by atoms with van der Waals surface area (Å²) in [6.45, 7) is 6.20. The van der Waals surface area contributed by atoms with E-state index in [1.807, 2.05) is 0 Å². The third kappa shape index (κ3) is 2.96. The quantitative estimate of drug-likeness (QED) is 0.614. The van der Waals surface area contributed by atoms with Gasteiger partial charge in [0.2, 0.25) is 0 Å². The molecular formula is C11H16ClFO2Si. The number of benzene rings is 1. The summed E-state index contributed by atoms with van der Waals surface area (Å²) in [6.07, 6.45) is 0. The van der Waals surface area contributed by atoms with Gasteiger partial charge in [-0.2, -0.15) is 0 Å². The number of rotatable bonds is 4. The fourth-order valence-corrected chi connectivity index (χ4v) is 2.92. The van der Waals surface area contributed by atoms with Crippen molar-refractivity contribution in [3.05, 3.63) is 23.0 Å². The van der Waals surface area contributed by atoms with Gasteiger partial charge in [-0.1, -0.05) is 37.3 Å². The molecular weight excluding hydrogens is 247 g/mol. The maximum atomic E-state index is 14.1. The highest BCUT2D eigenvalue weighted by molar-refractivity contribution is 6.88. The Kier molecular flexibility index (Phi) is 4.35. The second-order valence-electron chi connectivity index (χ2n) is 4.54. The molecule has 5 heteroatoms. The van der Waals surface area contributed by atoms with Gasteiger partial charge in [0.15, 0.2) is 18.4 Å². The van der Waals surface area contributed by atoms with Crippen LogP contribution >= 0.6 is 11.6 Å². The van der Waals surface area contributed by atoms with Crippen LogP contribution in [0.25, 0.3) is 0 Å². The highest BCUT2D eigenvalue weighted by atomic mass is 35.5. The van der Waals surface area contributed by atoms with Crippen LogP contribution in [-0.4, -0.2) is 22.0 Å². The molecule has 0 aliphatic heterocycles. The molecule has 0 spiro atoms. The smallest absolute Gasteiger partial charge is 0.188 e. The van der Waals surface area contributed by atoms with E-state index < -0.39 is 8.07 Å². The fourth-order valence-electron chi connectivity index (χ4n) is 1.36. The van der Waals surface area contributed by atoms with Gasteiger partial charge in [-0.25, -0.2) is 4.39 Å². The van der Waals surface area contributed by atoms with Crippen LogP contribution in [0.2, 0.25) is 24.7 Å². The van der Waals surface area contributed by atoms with Gasteiger partial charge in [0, 0.05) is 7.11 Å². The molecule has 0 saturated carbocycles. The lowest BCUT2D eigenvalue weighted by Crippen LogP contribution is -2.40. The summed E-state index contributed by atoms with van der Waals surface area (Å²) >= 11 is 5.88. The van der Waals surface area contributed by atoms with Crippen LogP contribution < -0.4 is 9.92 Å².